The van der Waals surface area contributed by atoms with Gasteiger partial charge in [0.05, 0.1) is 11.6 Å². The van der Waals surface area contributed by atoms with Gasteiger partial charge in [-0.05, 0) is 42.7 Å². The van der Waals surface area contributed by atoms with E-state index in [1.807, 2.05) is 24.3 Å². The fraction of sp³-hybridized carbons (Fsp3) is 0.200. The summed E-state index contributed by atoms with van der Waals surface area (Å²) in [5.74, 6) is 0.724. The summed E-state index contributed by atoms with van der Waals surface area (Å²) < 4.78 is 5.57. The number of halogens is 2. The third-order valence-corrected chi connectivity index (χ3v) is 3.22. The summed E-state index contributed by atoms with van der Waals surface area (Å²) in [6, 6.07) is 12.6. The Morgan fingerprint density at radius 2 is 1.89 bits per heavy atom. The fourth-order valence-electron chi connectivity index (χ4n) is 1.74. The van der Waals surface area contributed by atoms with Crippen molar-refractivity contribution in [1.29, 1.82) is 0 Å². The van der Waals surface area contributed by atoms with E-state index in [0.29, 0.717) is 17.4 Å². The van der Waals surface area contributed by atoms with Crippen molar-refractivity contribution >= 4 is 23.2 Å². The zero-order valence-corrected chi connectivity index (χ0v) is 11.8. The van der Waals surface area contributed by atoms with Crippen LogP contribution in [0.1, 0.15) is 12.0 Å². The first-order chi connectivity index (χ1) is 9.15. The van der Waals surface area contributed by atoms with Gasteiger partial charge in [0.15, 0.2) is 0 Å². The summed E-state index contributed by atoms with van der Waals surface area (Å²) in [7, 11) is 0. The van der Waals surface area contributed by atoms with E-state index in [1.165, 1.54) is 11.6 Å². The molecular formula is C15H14Cl2O2. The first-order valence-electron chi connectivity index (χ1n) is 6.01. The average Bonchev–Trinajstić information content (AvgIpc) is 2.39. The molecule has 0 heterocycles. The minimum absolute atomic E-state index is 0.0629. The second-order valence-corrected chi connectivity index (χ2v) is 5.04. The lowest BCUT2D eigenvalue weighted by Gasteiger charge is -2.07. The standard InChI is InChI=1S/C15H14Cl2O2/c16-12-5-1-3-11(9-12)4-2-8-19-13-6-7-15(18)14(17)10-13/h1,3,5-7,9-10,18H,2,4,8H2. The maximum Gasteiger partial charge on any atom is 0.134 e. The Morgan fingerprint density at radius 1 is 1.05 bits per heavy atom. The van der Waals surface area contributed by atoms with Crippen molar-refractivity contribution < 1.29 is 9.84 Å². The van der Waals surface area contributed by atoms with Gasteiger partial charge < -0.3 is 9.84 Å². The van der Waals surface area contributed by atoms with Gasteiger partial charge in [-0.1, -0.05) is 35.3 Å². The number of ether oxygens (including phenoxy) is 1. The average molecular weight is 297 g/mol. The van der Waals surface area contributed by atoms with Crippen molar-refractivity contribution in [2.24, 2.45) is 0 Å². The SMILES string of the molecule is Oc1ccc(OCCCc2cccc(Cl)c2)cc1Cl. The smallest absolute Gasteiger partial charge is 0.134 e. The number of phenols is 1. The summed E-state index contributed by atoms with van der Waals surface area (Å²) >= 11 is 11.7. The van der Waals surface area contributed by atoms with Gasteiger partial charge in [0, 0.05) is 11.1 Å². The van der Waals surface area contributed by atoms with Crippen LogP contribution in [0.2, 0.25) is 10.0 Å². The molecule has 0 unspecified atom stereocenters. The fourth-order valence-corrected chi connectivity index (χ4v) is 2.12. The Balaban J connectivity index is 1.79. The third-order valence-electron chi connectivity index (χ3n) is 2.69. The first-order valence-corrected chi connectivity index (χ1v) is 6.76. The molecule has 2 rings (SSSR count). The van der Waals surface area contributed by atoms with Crippen molar-refractivity contribution in [3.63, 3.8) is 0 Å². The molecule has 0 atom stereocenters. The van der Waals surface area contributed by atoms with E-state index in [2.05, 4.69) is 0 Å². The van der Waals surface area contributed by atoms with E-state index >= 15 is 0 Å². The molecule has 0 radical (unpaired) electrons. The van der Waals surface area contributed by atoms with Crippen LogP contribution in [0.25, 0.3) is 0 Å². The number of hydrogen-bond acceptors (Lipinski definition) is 2. The Morgan fingerprint density at radius 3 is 2.63 bits per heavy atom. The summed E-state index contributed by atoms with van der Waals surface area (Å²) in [6.07, 6.45) is 1.80. The van der Waals surface area contributed by atoms with Gasteiger partial charge in [0.25, 0.3) is 0 Å². The molecule has 0 aliphatic heterocycles. The summed E-state index contributed by atoms with van der Waals surface area (Å²) in [5.41, 5.74) is 1.19. The van der Waals surface area contributed by atoms with Gasteiger partial charge in [0.1, 0.15) is 11.5 Å². The monoisotopic (exact) mass is 296 g/mol. The Bertz CT molecular complexity index is 556. The molecule has 0 amide bonds. The molecule has 2 aromatic carbocycles. The molecule has 0 fully saturated rings. The molecule has 2 aromatic rings. The number of rotatable bonds is 5. The number of benzene rings is 2. The lowest BCUT2D eigenvalue weighted by molar-refractivity contribution is 0.310. The largest absolute Gasteiger partial charge is 0.506 e. The summed E-state index contributed by atoms with van der Waals surface area (Å²) in [5, 5.41) is 10.3. The topological polar surface area (TPSA) is 29.5 Å². The molecule has 0 saturated carbocycles. The van der Waals surface area contributed by atoms with Crippen molar-refractivity contribution in [3.05, 3.63) is 58.1 Å². The van der Waals surface area contributed by atoms with Gasteiger partial charge in [-0.2, -0.15) is 0 Å². The van der Waals surface area contributed by atoms with Crippen LogP contribution in [0.15, 0.2) is 42.5 Å². The second-order valence-electron chi connectivity index (χ2n) is 4.20. The molecule has 0 bridgehead atoms. The van der Waals surface area contributed by atoms with Gasteiger partial charge in [-0.15, -0.1) is 0 Å². The van der Waals surface area contributed by atoms with E-state index < -0.39 is 0 Å². The van der Waals surface area contributed by atoms with Crippen LogP contribution in [0.5, 0.6) is 11.5 Å². The van der Waals surface area contributed by atoms with E-state index in [0.717, 1.165) is 17.9 Å². The first kappa shape index (κ1) is 14.0. The highest BCUT2D eigenvalue weighted by Crippen LogP contribution is 2.27. The number of phenolic OH excluding ortho intramolecular Hbond substituents is 1. The molecule has 19 heavy (non-hydrogen) atoms. The molecular weight excluding hydrogens is 283 g/mol. The minimum atomic E-state index is 0.0629. The predicted octanol–water partition coefficient (Wildman–Crippen LogP) is 4.71. The van der Waals surface area contributed by atoms with Crippen LogP contribution in [0.4, 0.5) is 0 Å². The van der Waals surface area contributed by atoms with Crippen molar-refractivity contribution in [3.8, 4) is 11.5 Å². The molecule has 2 nitrogen and oxygen atoms in total. The van der Waals surface area contributed by atoms with E-state index in [4.69, 9.17) is 27.9 Å². The number of aromatic hydroxyl groups is 1. The molecule has 0 aliphatic carbocycles. The third kappa shape index (κ3) is 4.34. The molecule has 0 aliphatic rings. The molecule has 1 N–H and O–H groups in total. The number of hydrogen-bond donors (Lipinski definition) is 1. The van der Waals surface area contributed by atoms with Crippen LogP contribution in [-0.4, -0.2) is 11.7 Å². The Hall–Kier alpha value is -1.38. The van der Waals surface area contributed by atoms with Crippen LogP contribution in [0.3, 0.4) is 0 Å². The van der Waals surface area contributed by atoms with Gasteiger partial charge in [0.2, 0.25) is 0 Å². The minimum Gasteiger partial charge on any atom is -0.506 e. The van der Waals surface area contributed by atoms with Crippen molar-refractivity contribution in [2.45, 2.75) is 12.8 Å². The van der Waals surface area contributed by atoms with Crippen LogP contribution < -0.4 is 4.74 Å². The zero-order chi connectivity index (χ0) is 13.7. The van der Waals surface area contributed by atoms with E-state index in [-0.39, 0.29) is 5.75 Å². The zero-order valence-electron chi connectivity index (χ0n) is 10.3. The van der Waals surface area contributed by atoms with Crippen molar-refractivity contribution in [1.82, 2.24) is 0 Å². The molecule has 4 heteroatoms. The molecule has 0 saturated heterocycles. The quantitative estimate of drug-likeness (QED) is 0.810. The van der Waals surface area contributed by atoms with Crippen LogP contribution in [-0.2, 0) is 6.42 Å². The van der Waals surface area contributed by atoms with E-state index in [1.54, 1.807) is 12.1 Å². The normalized spacial score (nSPS) is 10.4. The summed E-state index contributed by atoms with van der Waals surface area (Å²) in [4.78, 5) is 0. The molecule has 100 valence electrons. The second kappa shape index (κ2) is 6.69. The van der Waals surface area contributed by atoms with Crippen LogP contribution in [0, 0.1) is 0 Å². The van der Waals surface area contributed by atoms with Crippen LogP contribution >= 0.6 is 23.2 Å². The van der Waals surface area contributed by atoms with Gasteiger partial charge >= 0.3 is 0 Å². The lowest BCUT2D eigenvalue weighted by Crippen LogP contribution is -1.99. The van der Waals surface area contributed by atoms with E-state index in [9.17, 15) is 5.11 Å². The highest BCUT2D eigenvalue weighted by atomic mass is 35.5. The van der Waals surface area contributed by atoms with Gasteiger partial charge in [-0.25, -0.2) is 0 Å². The highest BCUT2D eigenvalue weighted by Gasteiger charge is 2.01. The molecule has 0 spiro atoms. The predicted molar refractivity (Wildman–Crippen MR) is 78.4 cm³/mol. The van der Waals surface area contributed by atoms with Crippen molar-refractivity contribution in [2.75, 3.05) is 6.61 Å². The molecule has 0 aromatic heterocycles. The Kier molecular flexibility index (Phi) is 4.94. The number of aryl methyl sites for hydroxylation is 1. The highest BCUT2D eigenvalue weighted by molar-refractivity contribution is 6.32. The maximum absolute atomic E-state index is 9.29. The van der Waals surface area contributed by atoms with Gasteiger partial charge in [-0.3, -0.25) is 0 Å². The Labute approximate surface area is 122 Å². The maximum atomic E-state index is 9.29. The lowest BCUT2D eigenvalue weighted by atomic mass is 10.1. The summed E-state index contributed by atoms with van der Waals surface area (Å²) in [6.45, 7) is 0.591.